The van der Waals surface area contributed by atoms with Gasteiger partial charge < -0.3 is 9.64 Å². The second-order valence-electron chi connectivity index (χ2n) is 7.31. The Labute approximate surface area is 152 Å². The summed E-state index contributed by atoms with van der Waals surface area (Å²) in [6.45, 7) is 11.1. The molecule has 5 heteroatoms. The van der Waals surface area contributed by atoms with E-state index in [2.05, 4.69) is 36.6 Å². The number of benzene rings is 1. The maximum atomic E-state index is 11.8. The molecule has 1 saturated heterocycles. The third-order valence-electron chi connectivity index (χ3n) is 4.96. The molecule has 1 unspecified atom stereocenters. The van der Waals surface area contributed by atoms with E-state index in [4.69, 9.17) is 4.74 Å². The minimum atomic E-state index is -0.0219. The van der Waals surface area contributed by atoms with E-state index in [0.29, 0.717) is 12.1 Å². The topological polar surface area (TPSA) is 36.0 Å². The molecule has 0 bridgehead atoms. The zero-order valence-electron chi connectivity index (χ0n) is 16.4. The highest BCUT2D eigenvalue weighted by molar-refractivity contribution is 5.77. The normalized spacial score (nSPS) is 19.2. The summed E-state index contributed by atoms with van der Waals surface area (Å²) in [7, 11) is 3.49. The van der Waals surface area contributed by atoms with Crippen LogP contribution in [0, 0.1) is 0 Å². The summed E-state index contributed by atoms with van der Waals surface area (Å²) in [6.07, 6.45) is 1.17. The molecule has 2 rings (SSSR count). The largest absolute Gasteiger partial charge is 0.483 e. The van der Waals surface area contributed by atoms with Gasteiger partial charge in [-0.2, -0.15) is 0 Å². The Balaban J connectivity index is 1.99. The summed E-state index contributed by atoms with van der Waals surface area (Å²) in [6, 6.07) is 9.27. The Morgan fingerprint density at radius 2 is 2.00 bits per heavy atom. The van der Waals surface area contributed by atoms with Gasteiger partial charge >= 0.3 is 0 Å². The van der Waals surface area contributed by atoms with E-state index in [1.54, 1.807) is 19.0 Å². The second kappa shape index (κ2) is 9.20. The molecule has 0 spiro atoms. The number of hydrogen-bond acceptors (Lipinski definition) is 4. The SMILES string of the molecule is CCC1CN(Cc2ccccc2OCC(=O)N(C)C)CCN1C(C)C. The Morgan fingerprint density at radius 3 is 2.64 bits per heavy atom. The molecule has 25 heavy (non-hydrogen) atoms. The lowest BCUT2D eigenvalue weighted by molar-refractivity contribution is -0.130. The fraction of sp³-hybridized carbons (Fsp3) is 0.650. The van der Waals surface area contributed by atoms with Gasteiger partial charge in [0.25, 0.3) is 5.91 Å². The number of para-hydroxylation sites is 1. The first-order chi connectivity index (χ1) is 11.9. The van der Waals surface area contributed by atoms with Crippen molar-refractivity contribution < 1.29 is 9.53 Å². The van der Waals surface area contributed by atoms with E-state index in [1.807, 2.05) is 18.2 Å². The third kappa shape index (κ3) is 5.44. The summed E-state index contributed by atoms with van der Waals surface area (Å²) in [4.78, 5) is 18.4. The van der Waals surface area contributed by atoms with Crippen molar-refractivity contribution in [2.24, 2.45) is 0 Å². The number of piperazine rings is 1. The van der Waals surface area contributed by atoms with Gasteiger partial charge in [-0.05, 0) is 26.3 Å². The minimum absolute atomic E-state index is 0.0219. The van der Waals surface area contributed by atoms with Crippen molar-refractivity contribution in [3.63, 3.8) is 0 Å². The van der Waals surface area contributed by atoms with Crippen LogP contribution in [-0.4, -0.2) is 73.0 Å². The summed E-state index contributed by atoms with van der Waals surface area (Å²) in [5.74, 6) is 0.795. The van der Waals surface area contributed by atoms with Crippen LogP contribution in [-0.2, 0) is 11.3 Å². The average Bonchev–Trinajstić information content (AvgIpc) is 2.60. The lowest BCUT2D eigenvalue weighted by Gasteiger charge is -2.43. The molecule has 1 heterocycles. The Morgan fingerprint density at radius 1 is 1.28 bits per heavy atom. The Hall–Kier alpha value is -1.59. The number of amides is 1. The van der Waals surface area contributed by atoms with Crippen LogP contribution in [0.3, 0.4) is 0 Å². The van der Waals surface area contributed by atoms with Crippen molar-refractivity contribution >= 4 is 5.91 Å². The van der Waals surface area contributed by atoms with Gasteiger partial charge in [-0.3, -0.25) is 14.6 Å². The third-order valence-corrected chi connectivity index (χ3v) is 4.96. The minimum Gasteiger partial charge on any atom is -0.483 e. The van der Waals surface area contributed by atoms with Crippen molar-refractivity contribution in [2.75, 3.05) is 40.3 Å². The quantitative estimate of drug-likeness (QED) is 0.759. The molecule has 0 radical (unpaired) electrons. The van der Waals surface area contributed by atoms with Gasteiger partial charge in [0.05, 0.1) is 0 Å². The summed E-state index contributed by atoms with van der Waals surface area (Å²) in [5.41, 5.74) is 1.15. The molecule has 1 aliphatic heterocycles. The molecule has 5 nitrogen and oxygen atoms in total. The highest BCUT2D eigenvalue weighted by atomic mass is 16.5. The van der Waals surface area contributed by atoms with E-state index in [9.17, 15) is 4.79 Å². The first-order valence-corrected chi connectivity index (χ1v) is 9.31. The molecule has 1 aromatic rings. The van der Waals surface area contributed by atoms with Crippen molar-refractivity contribution in [1.82, 2.24) is 14.7 Å². The van der Waals surface area contributed by atoms with E-state index in [0.717, 1.165) is 37.5 Å². The van der Waals surface area contributed by atoms with Crippen LogP contribution in [0.2, 0.25) is 0 Å². The molecule has 1 atom stereocenters. The number of hydrogen-bond donors (Lipinski definition) is 0. The molecule has 1 aliphatic rings. The van der Waals surface area contributed by atoms with Crippen molar-refractivity contribution in [2.45, 2.75) is 45.8 Å². The van der Waals surface area contributed by atoms with Crippen LogP contribution in [0.15, 0.2) is 24.3 Å². The maximum absolute atomic E-state index is 11.8. The van der Waals surface area contributed by atoms with Crippen molar-refractivity contribution in [1.29, 1.82) is 0 Å². The highest BCUT2D eigenvalue weighted by Gasteiger charge is 2.27. The first kappa shape index (κ1) is 19.7. The first-order valence-electron chi connectivity index (χ1n) is 9.31. The smallest absolute Gasteiger partial charge is 0.259 e. The number of carbonyl (C=O) groups excluding carboxylic acids is 1. The van der Waals surface area contributed by atoms with Gasteiger partial charge in [0.15, 0.2) is 6.61 Å². The van der Waals surface area contributed by atoms with Crippen molar-refractivity contribution in [3.05, 3.63) is 29.8 Å². The summed E-state index contributed by atoms with van der Waals surface area (Å²) < 4.78 is 5.79. The predicted molar refractivity (Wildman–Crippen MR) is 102 cm³/mol. The Bertz CT molecular complexity index is 560. The van der Waals surface area contributed by atoms with Gasteiger partial charge in [0.1, 0.15) is 5.75 Å². The molecule has 1 aromatic carbocycles. The van der Waals surface area contributed by atoms with Crippen LogP contribution in [0.5, 0.6) is 5.75 Å². The van der Waals surface area contributed by atoms with Crippen LogP contribution in [0.4, 0.5) is 0 Å². The van der Waals surface area contributed by atoms with E-state index in [-0.39, 0.29) is 12.5 Å². The fourth-order valence-electron chi connectivity index (χ4n) is 3.41. The van der Waals surface area contributed by atoms with Gasteiger partial charge in [0, 0.05) is 57.9 Å². The van der Waals surface area contributed by atoms with Crippen LogP contribution in [0.25, 0.3) is 0 Å². The van der Waals surface area contributed by atoms with Crippen molar-refractivity contribution in [3.8, 4) is 5.75 Å². The monoisotopic (exact) mass is 347 g/mol. The zero-order valence-corrected chi connectivity index (χ0v) is 16.4. The van der Waals surface area contributed by atoms with Crippen LogP contribution < -0.4 is 4.74 Å². The molecule has 0 aromatic heterocycles. The lowest BCUT2D eigenvalue weighted by Crippen LogP contribution is -2.54. The van der Waals surface area contributed by atoms with Crippen LogP contribution >= 0.6 is 0 Å². The Kier molecular flexibility index (Phi) is 7.26. The molecule has 140 valence electrons. The van der Waals surface area contributed by atoms with E-state index < -0.39 is 0 Å². The van der Waals surface area contributed by atoms with E-state index in [1.165, 1.54) is 6.42 Å². The molecular formula is C20H33N3O2. The van der Waals surface area contributed by atoms with Gasteiger partial charge in [-0.15, -0.1) is 0 Å². The fourth-order valence-corrected chi connectivity index (χ4v) is 3.41. The van der Waals surface area contributed by atoms with Gasteiger partial charge in [0.2, 0.25) is 0 Å². The van der Waals surface area contributed by atoms with Crippen LogP contribution in [0.1, 0.15) is 32.8 Å². The number of carbonyl (C=O) groups is 1. The molecular weight excluding hydrogens is 314 g/mol. The van der Waals surface area contributed by atoms with Gasteiger partial charge in [-0.25, -0.2) is 0 Å². The second-order valence-corrected chi connectivity index (χ2v) is 7.31. The number of nitrogens with zero attached hydrogens (tertiary/aromatic N) is 3. The lowest BCUT2D eigenvalue weighted by atomic mass is 10.1. The zero-order chi connectivity index (χ0) is 18.4. The molecule has 0 saturated carbocycles. The maximum Gasteiger partial charge on any atom is 0.259 e. The molecule has 1 fully saturated rings. The molecule has 1 amide bonds. The van der Waals surface area contributed by atoms with Gasteiger partial charge in [-0.1, -0.05) is 25.1 Å². The number of ether oxygens (including phenoxy) is 1. The predicted octanol–water partition coefficient (Wildman–Crippen LogP) is 2.46. The number of likely N-dealkylation sites (N-methyl/N-ethyl adjacent to an activating group) is 1. The molecule has 0 N–H and O–H groups in total. The standard InChI is InChI=1S/C20H33N3O2/c1-6-18-14-22(11-12-23(18)16(2)3)13-17-9-7-8-10-19(17)25-15-20(24)21(4)5/h7-10,16,18H,6,11-15H2,1-5H3. The summed E-state index contributed by atoms with van der Waals surface area (Å²) >= 11 is 0. The number of rotatable bonds is 7. The summed E-state index contributed by atoms with van der Waals surface area (Å²) in [5, 5.41) is 0. The highest BCUT2D eigenvalue weighted by Crippen LogP contribution is 2.23. The average molecular weight is 348 g/mol. The molecule has 0 aliphatic carbocycles. The van der Waals surface area contributed by atoms with E-state index >= 15 is 0 Å².